The van der Waals surface area contributed by atoms with Crippen molar-refractivity contribution in [1.82, 2.24) is 15.3 Å². The van der Waals surface area contributed by atoms with Gasteiger partial charge < -0.3 is 20.3 Å². The van der Waals surface area contributed by atoms with Gasteiger partial charge in [-0.25, -0.2) is 14.8 Å². The van der Waals surface area contributed by atoms with Crippen molar-refractivity contribution in [2.45, 2.75) is 26.4 Å². The minimum Gasteiger partial charge on any atom is -0.444 e. The first-order chi connectivity index (χ1) is 9.28. The molecule has 0 saturated carbocycles. The normalized spacial score (nSPS) is 10.8. The highest BCUT2D eigenvalue weighted by atomic mass is 16.6. The van der Waals surface area contributed by atoms with Crippen LogP contribution in [0, 0.1) is 0 Å². The summed E-state index contributed by atoms with van der Waals surface area (Å²) < 4.78 is 5.12. The van der Waals surface area contributed by atoms with Gasteiger partial charge in [0.15, 0.2) is 0 Å². The number of aromatic nitrogens is 2. The Kier molecular flexibility index (Phi) is 5.54. The molecule has 0 radical (unpaired) electrons. The number of carbonyl (C=O) groups excluding carboxylic acids is 1. The molecule has 20 heavy (non-hydrogen) atoms. The first-order valence-corrected chi connectivity index (χ1v) is 6.48. The Morgan fingerprint density at radius 1 is 1.25 bits per heavy atom. The zero-order valence-electron chi connectivity index (χ0n) is 12.7. The van der Waals surface area contributed by atoms with E-state index in [1.165, 1.54) is 0 Å². The molecule has 0 saturated heterocycles. The quantitative estimate of drug-likeness (QED) is 0.796. The molecule has 1 rings (SSSR count). The third-order valence-corrected chi connectivity index (χ3v) is 2.23. The minimum atomic E-state index is -0.483. The van der Waals surface area contributed by atoms with E-state index < -0.39 is 11.7 Å². The molecule has 0 spiro atoms. The minimum absolute atomic E-state index is 0.428. The van der Waals surface area contributed by atoms with Gasteiger partial charge in [0.1, 0.15) is 5.60 Å². The lowest BCUT2D eigenvalue weighted by molar-refractivity contribution is 0.0530. The number of nitrogens with zero attached hydrogens (tertiary/aromatic N) is 3. The second kappa shape index (κ2) is 6.93. The zero-order chi connectivity index (χ0) is 15.2. The van der Waals surface area contributed by atoms with Gasteiger partial charge in [0, 0.05) is 27.2 Å². The number of alkyl carbamates (subject to hydrolysis) is 1. The van der Waals surface area contributed by atoms with E-state index in [4.69, 9.17) is 4.74 Å². The van der Waals surface area contributed by atoms with Crippen LogP contribution in [-0.2, 0) is 4.74 Å². The van der Waals surface area contributed by atoms with Gasteiger partial charge in [-0.3, -0.25) is 0 Å². The number of hydrogen-bond acceptors (Lipinski definition) is 6. The lowest BCUT2D eigenvalue weighted by atomic mass is 10.2. The Morgan fingerprint density at radius 3 is 2.35 bits per heavy atom. The third kappa shape index (κ3) is 6.21. The largest absolute Gasteiger partial charge is 0.444 e. The fraction of sp³-hybridized carbons (Fsp3) is 0.615. The second-order valence-corrected chi connectivity index (χ2v) is 5.51. The summed E-state index contributed by atoms with van der Waals surface area (Å²) in [5, 5.41) is 5.67. The molecule has 0 aliphatic carbocycles. The molecule has 2 N–H and O–H groups in total. The molecule has 1 amide bonds. The average molecular weight is 281 g/mol. The standard InChI is InChI=1S/C13H23N5O2/c1-13(2,3)20-12(19)15-7-6-14-11-16-8-10(9-17-11)18(4)5/h8-9H,6-7H2,1-5H3,(H,15,19)(H,14,16,17). The van der Waals surface area contributed by atoms with Gasteiger partial charge in [-0.2, -0.15) is 0 Å². The summed E-state index contributed by atoms with van der Waals surface area (Å²) in [7, 11) is 3.85. The summed E-state index contributed by atoms with van der Waals surface area (Å²) in [5.74, 6) is 0.529. The van der Waals surface area contributed by atoms with Crippen molar-refractivity contribution in [1.29, 1.82) is 0 Å². The molecule has 0 fully saturated rings. The van der Waals surface area contributed by atoms with Crippen molar-refractivity contribution in [3.8, 4) is 0 Å². The lowest BCUT2D eigenvalue weighted by Gasteiger charge is -2.19. The maximum absolute atomic E-state index is 11.4. The van der Waals surface area contributed by atoms with Crippen LogP contribution in [0.2, 0.25) is 0 Å². The van der Waals surface area contributed by atoms with Crippen molar-refractivity contribution >= 4 is 17.7 Å². The average Bonchev–Trinajstić information content (AvgIpc) is 2.33. The van der Waals surface area contributed by atoms with E-state index in [0.717, 1.165) is 5.69 Å². The van der Waals surface area contributed by atoms with Crippen LogP contribution in [0.5, 0.6) is 0 Å². The smallest absolute Gasteiger partial charge is 0.407 e. The van der Waals surface area contributed by atoms with Crippen LogP contribution in [0.15, 0.2) is 12.4 Å². The fourth-order valence-corrected chi connectivity index (χ4v) is 1.30. The van der Waals surface area contributed by atoms with Gasteiger partial charge in [-0.05, 0) is 20.8 Å². The van der Waals surface area contributed by atoms with Crippen LogP contribution in [0.25, 0.3) is 0 Å². The highest BCUT2D eigenvalue weighted by molar-refractivity contribution is 5.67. The number of carbonyl (C=O) groups is 1. The number of nitrogens with one attached hydrogen (secondary N) is 2. The fourth-order valence-electron chi connectivity index (χ4n) is 1.30. The molecule has 1 aromatic rings. The number of anilines is 2. The predicted octanol–water partition coefficient (Wildman–Crippen LogP) is 1.48. The molecule has 1 heterocycles. The van der Waals surface area contributed by atoms with Crippen molar-refractivity contribution < 1.29 is 9.53 Å². The van der Waals surface area contributed by atoms with Gasteiger partial charge in [-0.1, -0.05) is 0 Å². The SMILES string of the molecule is CN(C)c1cnc(NCCNC(=O)OC(C)(C)C)nc1. The van der Waals surface area contributed by atoms with Crippen molar-refractivity contribution in [3.05, 3.63) is 12.4 Å². The number of ether oxygens (including phenoxy) is 1. The Hall–Kier alpha value is -2.05. The summed E-state index contributed by atoms with van der Waals surface area (Å²) in [6.45, 7) is 6.44. The van der Waals surface area contributed by atoms with Crippen molar-refractivity contribution in [2.24, 2.45) is 0 Å². The topological polar surface area (TPSA) is 79.4 Å². The highest BCUT2D eigenvalue weighted by Crippen LogP contribution is 2.08. The summed E-state index contributed by atoms with van der Waals surface area (Å²) in [6.07, 6.45) is 3.04. The van der Waals surface area contributed by atoms with E-state index in [1.54, 1.807) is 12.4 Å². The summed E-state index contributed by atoms with van der Waals surface area (Å²) in [4.78, 5) is 21.7. The van der Waals surface area contributed by atoms with E-state index >= 15 is 0 Å². The van der Waals surface area contributed by atoms with Gasteiger partial charge >= 0.3 is 6.09 Å². The first-order valence-electron chi connectivity index (χ1n) is 6.48. The molecule has 1 aromatic heterocycles. The zero-order valence-corrected chi connectivity index (χ0v) is 12.7. The summed E-state index contributed by atoms with van der Waals surface area (Å²) in [6, 6.07) is 0. The molecule has 0 aromatic carbocycles. The van der Waals surface area contributed by atoms with Crippen LogP contribution in [0.4, 0.5) is 16.4 Å². The summed E-state index contributed by atoms with van der Waals surface area (Å²) in [5.41, 5.74) is 0.449. The number of rotatable bonds is 5. The maximum Gasteiger partial charge on any atom is 0.407 e. The highest BCUT2D eigenvalue weighted by Gasteiger charge is 2.15. The molecule has 0 aliphatic rings. The Labute approximate surface area is 119 Å². The Morgan fingerprint density at radius 2 is 1.85 bits per heavy atom. The molecular weight excluding hydrogens is 258 g/mol. The van der Waals surface area contributed by atoms with Crippen LogP contribution in [0.1, 0.15) is 20.8 Å². The van der Waals surface area contributed by atoms with Crippen molar-refractivity contribution in [3.63, 3.8) is 0 Å². The van der Waals surface area contributed by atoms with Crippen LogP contribution in [0.3, 0.4) is 0 Å². The number of hydrogen-bond donors (Lipinski definition) is 2. The number of amides is 1. The maximum atomic E-state index is 11.4. The summed E-state index contributed by atoms with van der Waals surface area (Å²) >= 11 is 0. The second-order valence-electron chi connectivity index (χ2n) is 5.51. The van der Waals surface area contributed by atoms with Gasteiger partial charge in [0.2, 0.25) is 5.95 Å². The Bertz CT molecular complexity index is 425. The molecule has 7 heteroatoms. The third-order valence-electron chi connectivity index (χ3n) is 2.23. The van der Waals surface area contributed by atoms with Crippen LogP contribution in [-0.4, -0.2) is 48.8 Å². The monoisotopic (exact) mass is 281 g/mol. The molecule has 7 nitrogen and oxygen atoms in total. The van der Waals surface area contributed by atoms with Gasteiger partial charge in [0.05, 0.1) is 18.1 Å². The molecular formula is C13H23N5O2. The molecule has 0 atom stereocenters. The molecule has 0 unspecified atom stereocenters. The van der Waals surface area contributed by atoms with E-state index in [9.17, 15) is 4.79 Å². The van der Waals surface area contributed by atoms with Gasteiger partial charge in [-0.15, -0.1) is 0 Å². The van der Waals surface area contributed by atoms with E-state index in [1.807, 2.05) is 39.8 Å². The molecule has 0 bridgehead atoms. The Balaban J connectivity index is 2.26. The van der Waals surface area contributed by atoms with Crippen LogP contribution >= 0.6 is 0 Å². The van der Waals surface area contributed by atoms with Crippen molar-refractivity contribution in [2.75, 3.05) is 37.4 Å². The first kappa shape index (κ1) is 16.0. The molecule has 0 aliphatic heterocycles. The lowest BCUT2D eigenvalue weighted by Crippen LogP contribution is -2.35. The van der Waals surface area contributed by atoms with E-state index in [0.29, 0.717) is 19.0 Å². The predicted molar refractivity (Wildman–Crippen MR) is 79.1 cm³/mol. The van der Waals surface area contributed by atoms with E-state index in [2.05, 4.69) is 20.6 Å². The van der Waals surface area contributed by atoms with E-state index in [-0.39, 0.29) is 0 Å². The van der Waals surface area contributed by atoms with Gasteiger partial charge in [0.25, 0.3) is 0 Å². The molecule has 112 valence electrons. The van der Waals surface area contributed by atoms with Crippen LogP contribution < -0.4 is 15.5 Å².